The largest absolute Gasteiger partial charge is 0.310 e. The van der Waals surface area contributed by atoms with Crippen LogP contribution < -0.4 is 5.32 Å². The molecule has 0 radical (unpaired) electrons. The summed E-state index contributed by atoms with van der Waals surface area (Å²) >= 11 is 3.32. The molecule has 0 aromatic heterocycles. The van der Waals surface area contributed by atoms with Gasteiger partial charge in [-0.05, 0) is 59.2 Å². The molecule has 0 spiro atoms. The Morgan fingerprint density at radius 1 is 1.26 bits per heavy atom. The van der Waals surface area contributed by atoms with Crippen LogP contribution in [0.25, 0.3) is 0 Å². The smallest absolute Gasteiger partial charge is 0.137 e. The highest BCUT2D eigenvalue weighted by Crippen LogP contribution is 2.28. The second-order valence-corrected chi connectivity index (χ2v) is 6.39. The monoisotopic (exact) mass is 327 g/mol. The van der Waals surface area contributed by atoms with Crippen LogP contribution in [0.4, 0.5) is 4.39 Å². The van der Waals surface area contributed by atoms with E-state index < -0.39 is 0 Å². The number of halogens is 2. The molecule has 0 aliphatic heterocycles. The molecule has 19 heavy (non-hydrogen) atoms. The summed E-state index contributed by atoms with van der Waals surface area (Å²) in [5.41, 5.74) is 1.01. The molecule has 0 bridgehead atoms. The lowest BCUT2D eigenvalue weighted by atomic mass is 9.83. The van der Waals surface area contributed by atoms with Crippen LogP contribution in [0.15, 0.2) is 22.7 Å². The van der Waals surface area contributed by atoms with Crippen LogP contribution in [0, 0.1) is 11.7 Å². The Bertz CT molecular complexity index is 400. The highest BCUT2D eigenvalue weighted by molar-refractivity contribution is 9.10. The van der Waals surface area contributed by atoms with Crippen LogP contribution >= 0.6 is 15.9 Å². The van der Waals surface area contributed by atoms with E-state index in [9.17, 15) is 4.39 Å². The van der Waals surface area contributed by atoms with Crippen LogP contribution in [-0.2, 0) is 6.54 Å². The van der Waals surface area contributed by atoms with Crippen molar-refractivity contribution in [1.29, 1.82) is 0 Å². The molecular formula is C16H23BrFN. The molecule has 1 aromatic rings. The molecule has 2 rings (SSSR count). The average Bonchev–Trinajstić information content (AvgIpc) is 2.42. The van der Waals surface area contributed by atoms with Gasteiger partial charge in [0, 0.05) is 12.6 Å². The molecule has 1 nitrogen and oxygen atoms in total. The van der Waals surface area contributed by atoms with Gasteiger partial charge in [-0.1, -0.05) is 31.9 Å². The zero-order valence-electron chi connectivity index (χ0n) is 11.6. The van der Waals surface area contributed by atoms with Gasteiger partial charge in [0.15, 0.2) is 0 Å². The molecule has 3 heteroatoms. The van der Waals surface area contributed by atoms with Crippen LogP contribution in [0.5, 0.6) is 0 Å². The quantitative estimate of drug-likeness (QED) is 0.799. The maximum Gasteiger partial charge on any atom is 0.137 e. The Morgan fingerprint density at radius 3 is 2.68 bits per heavy atom. The van der Waals surface area contributed by atoms with Crippen molar-refractivity contribution >= 4 is 15.9 Å². The predicted molar refractivity (Wildman–Crippen MR) is 81.6 cm³/mol. The van der Waals surface area contributed by atoms with Crippen molar-refractivity contribution in [2.24, 2.45) is 5.92 Å². The summed E-state index contributed by atoms with van der Waals surface area (Å²) in [4.78, 5) is 0. The van der Waals surface area contributed by atoms with E-state index in [0.717, 1.165) is 18.0 Å². The van der Waals surface area contributed by atoms with Gasteiger partial charge in [0.05, 0.1) is 4.47 Å². The van der Waals surface area contributed by atoms with Crippen molar-refractivity contribution in [1.82, 2.24) is 5.32 Å². The predicted octanol–water partition coefficient (Wildman–Crippen LogP) is 5.04. The highest BCUT2D eigenvalue weighted by atomic mass is 79.9. The van der Waals surface area contributed by atoms with E-state index in [-0.39, 0.29) is 5.82 Å². The van der Waals surface area contributed by atoms with Crippen molar-refractivity contribution < 1.29 is 4.39 Å². The molecule has 0 heterocycles. The molecule has 0 saturated heterocycles. The van der Waals surface area contributed by atoms with E-state index in [1.807, 2.05) is 6.07 Å². The van der Waals surface area contributed by atoms with E-state index in [4.69, 9.17) is 0 Å². The van der Waals surface area contributed by atoms with Gasteiger partial charge >= 0.3 is 0 Å². The van der Waals surface area contributed by atoms with Crippen molar-refractivity contribution in [3.8, 4) is 0 Å². The average molecular weight is 328 g/mol. The van der Waals surface area contributed by atoms with Gasteiger partial charge in [-0.3, -0.25) is 0 Å². The van der Waals surface area contributed by atoms with Gasteiger partial charge in [0.1, 0.15) is 5.82 Å². The summed E-state index contributed by atoms with van der Waals surface area (Å²) in [6.45, 7) is 3.02. The number of rotatable bonds is 5. The Hall–Kier alpha value is -0.410. The lowest BCUT2D eigenvalue weighted by Crippen LogP contribution is -2.32. The van der Waals surface area contributed by atoms with E-state index >= 15 is 0 Å². The SMILES string of the molecule is CCCC1CCC(NCc2cccc(F)c2Br)CC1. The fraction of sp³-hybridized carbons (Fsp3) is 0.625. The van der Waals surface area contributed by atoms with Crippen LogP contribution in [-0.4, -0.2) is 6.04 Å². The first-order chi connectivity index (χ1) is 9.20. The molecule has 0 atom stereocenters. The first-order valence-corrected chi connectivity index (χ1v) is 8.16. The highest BCUT2D eigenvalue weighted by Gasteiger charge is 2.20. The second kappa shape index (κ2) is 7.39. The minimum Gasteiger partial charge on any atom is -0.310 e. The third-order valence-electron chi connectivity index (χ3n) is 4.16. The Kier molecular flexibility index (Phi) is 5.83. The summed E-state index contributed by atoms with van der Waals surface area (Å²) in [5, 5.41) is 3.57. The normalized spacial score (nSPS) is 23.5. The summed E-state index contributed by atoms with van der Waals surface area (Å²) in [6.07, 6.45) is 7.89. The standard InChI is InChI=1S/C16H23BrFN/c1-2-4-12-7-9-14(10-8-12)19-11-13-5-3-6-15(18)16(13)17/h3,5-6,12,14,19H,2,4,7-11H2,1H3. The van der Waals surface area contributed by atoms with Crippen LogP contribution in [0.1, 0.15) is 51.0 Å². The first-order valence-electron chi connectivity index (χ1n) is 7.37. The molecule has 1 N–H and O–H groups in total. The first kappa shape index (κ1) is 15.0. The summed E-state index contributed by atoms with van der Waals surface area (Å²) in [7, 11) is 0. The fourth-order valence-electron chi connectivity index (χ4n) is 3.00. The molecule has 0 unspecified atom stereocenters. The molecule has 0 amide bonds. The zero-order chi connectivity index (χ0) is 13.7. The lowest BCUT2D eigenvalue weighted by Gasteiger charge is -2.29. The van der Waals surface area contributed by atoms with Crippen molar-refractivity contribution in [2.45, 2.75) is 58.0 Å². The Morgan fingerprint density at radius 2 is 2.00 bits per heavy atom. The number of hydrogen-bond donors (Lipinski definition) is 1. The van der Waals surface area contributed by atoms with Crippen molar-refractivity contribution in [3.05, 3.63) is 34.1 Å². The molecule has 1 fully saturated rings. The van der Waals surface area contributed by atoms with Crippen LogP contribution in [0.3, 0.4) is 0 Å². The van der Waals surface area contributed by atoms with Gasteiger partial charge in [0.25, 0.3) is 0 Å². The molecule has 1 saturated carbocycles. The maximum absolute atomic E-state index is 13.4. The van der Waals surface area contributed by atoms with E-state index in [0.29, 0.717) is 10.5 Å². The Labute approximate surface area is 124 Å². The number of hydrogen-bond acceptors (Lipinski definition) is 1. The minimum absolute atomic E-state index is 0.175. The van der Waals surface area contributed by atoms with E-state index in [1.165, 1.54) is 44.6 Å². The van der Waals surface area contributed by atoms with Gasteiger partial charge in [-0.2, -0.15) is 0 Å². The van der Waals surface area contributed by atoms with Gasteiger partial charge < -0.3 is 5.32 Å². The Balaban J connectivity index is 1.79. The van der Waals surface area contributed by atoms with Gasteiger partial charge in [0.2, 0.25) is 0 Å². The molecular weight excluding hydrogens is 305 g/mol. The maximum atomic E-state index is 13.4. The summed E-state index contributed by atoms with van der Waals surface area (Å²) < 4.78 is 14.0. The number of benzene rings is 1. The van der Waals surface area contributed by atoms with Crippen LogP contribution in [0.2, 0.25) is 0 Å². The third-order valence-corrected chi connectivity index (χ3v) is 5.04. The topological polar surface area (TPSA) is 12.0 Å². The third kappa shape index (κ3) is 4.28. The molecule has 1 aliphatic rings. The van der Waals surface area contributed by atoms with Crippen molar-refractivity contribution in [2.75, 3.05) is 0 Å². The summed E-state index contributed by atoms with van der Waals surface area (Å²) in [5.74, 6) is 0.759. The van der Waals surface area contributed by atoms with E-state index in [1.54, 1.807) is 6.07 Å². The fourth-order valence-corrected chi connectivity index (χ4v) is 3.41. The molecule has 1 aromatic carbocycles. The lowest BCUT2D eigenvalue weighted by molar-refractivity contribution is 0.277. The van der Waals surface area contributed by atoms with Gasteiger partial charge in [-0.25, -0.2) is 4.39 Å². The molecule has 1 aliphatic carbocycles. The van der Waals surface area contributed by atoms with E-state index in [2.05, 4.69) is 28.2 Å². The second-order valence-electron chi connectivity index (χ2n) is 5.60. The summed E-state index contributed by atoms with van der Waals surface area (Å²) in [6, 6.07) is 5.84. The zero-order valence-corrected chi connectivity index (χ0v) is 13.2. The minimum atomic E-state index is -0.175. The van der Waals surface area contributed by atoms with Gasteiger partial charge in [-0.15, -0.1) is 0 Å². The van der Waals surface area contributed by atoms with Crippen molar-refractivity contribution in [3.63, 3.8) is 0 Å². The molecule has 106 valence electrons. The number of nitrogens with one attached hydrogen (secondary N) is 1.